The number of oxime groups is 1. The lowest BCUT2D eigenvalue weighted by Gasteiger charge is -2.33. The van der Waals surface area contributed by atoms with E-state index in [2.05, 4.69) is 32.3 Å². The number of fused-ring (bicyclic) bond motifs is 1. The average molecular weight is 571 g/mol. The van der Waals surface area contributed by atoms with Crippen molar-refractivity contribution in [1.82, 2.24) is 14.9 Å². The summed E-state index contributed by atoms with van der Waals surface area (Å²) in [4.78, 5) is 33.9. The first-order valence-corrected chi connectivity index (χ1v) is 15.4. The predicted octanol–water partition coefficient (Wildman–Crippen LogP) is 2.53. The van der Waals surface area contributed by atoms with Crippen molar-refractivity contribution in [2.45, 2.75) is 35.5 Å². The number of benzene rings is 1. The molecule has 1 atom stereocenters. The van der Waals surface area contributed by atoms with Crippen LogP contribution in [0.5, 0.6) is 0 Å². The van der Waals surface area contributed by atoms with Crippen LogP contribution in [0.1, 0.15) is 24.8 Å². The molecule has 1 aliphatic carbocycles. The van der Waals surface area contributed by atoms with Gasteiger partial charge in [-0.25, -0.2) is 18.4 Å². The van der Waals surface area contributed by atoms with Crippen LogP contribution in [-0.4, -0.2) is 92.7 Å². The maximum Gasteiger partial charge on any atom is 0.280 e. The summed E-state index contributed by atoms with van der Waals surface area (Å²) >= 11 is 1.29. The molecule has 13 heteroatoms. The number of hydrogen-bond donors (Lipinski definition) is 1. The number of aromatic nitrogens is 2. The van der Waals surface area contributed by atoms with Gasteiger partial charge in [-0.15, -0.1) is 0 Å². The zero-order valence-corrected chi connectivity index (χ0v) is 23.2. The molecule has 11 nitrogen and oxygen atoms in total. The minimum absolute atomic E-state index is 0.0302. The Morgan fingerprint density at radius 3 is 2.54 bits per heavy atom. The van der Waals surface area contributed by atoms with Crippen molar-refractivity contribution >= 4 is 54.1 Å². The molecule has 3 aromatic rings. The molecular weight excluding hydrogens is 540 g/mol. The number of sulfone groups is 1. The summed E-state index contributed by atoms with van der Waals surface area (Å²) < 4.78 is 30.6. The molecule has 3 aliphatic rings. The van der Waals surface area contributed by atoms with E-state index in [-0.39, 0.29) is 22.0 Å². The van der Waals surface area contributed by atoms with Gasteiger partial charge in [0.25, 0.3) is 5.91 Å². The number of anilines is 2. The monoisotopic (exact) mass is 570 g/mol. The minimum Gasteiger partial charge on any atom is -0.389 e. The summed E-state index contributed by atoms with van der Waals surface area (Å²) in [5, 5.41) is 7.08. The van der Waals surface area contributed by atoms with E-state index in [0.29, 0.717) is 48.7 Å². The third kappa shape index (κ3) is 5.76. The van der Waals surface area contributed by atoms with Gasteiger partial charge in [-0.3, -0.25) is 10.1 Å². The van der Waals surface area contributed by atoms with Gasteiger partial charge < -0.3 is 19.4 Å². The normalized spacial score (nSPS) is 20.9. The second-order valence-electron chi connectivity index (χ2n) is 10.1. The molecule has 1 aromatic carbocycles. The molecule has 6 rings (SSSR count). The highest BCUT2D eigenvalue weighted by Gasteiger charge is 2.37. The fourth-order valence-electron chi connectivity index (χ4n) is 4.55. The molecule has 0 unspecified atom stereocenters. The van der Waals surface area contributed by atoms with Gasteiger partial charge in [-0.2, -0.15) is 0 Å². The van der Waals surface area contributed by atoms with Crippen LogP contribution in [-0.2, 0) is 24.2 Å². The van der Waals surface area contributed by atoms with Crippen LogP contribution >= 0.6 is 11.3 Å². The van der Waals surface area contributed by atoms with Gasteiger partial charge in [-0.1, -0.05) is 28.6 Å². The van der Waals surface area contributed by atoms with E-state index in [9.17, 15) is 13.2 Å². The Bertz CT molecular complexity index is 1490. The van der Waals surface area contributed by atoms with E-state index in [1.807, 2.05) is 12.1 Å². The highest BCUT2D eigenvalue weighted by Crippen LogP contribution is 2.33. The quantitative estimate of drug-likeness (QED) is 0.321. The molecule has 4 heterocycles. The Balaban J connectivity index is 1.22. The topological polar surface area (TPSA) is 126 Å². The van der Waals surface area contributed by atoms with Crippen LogP contribution in [0.25, 0.3) is 10.3 Å². The molecule has 1 N–H and O–H groups in total. The van der Waals surface area contributed by atoms with Gasteiger partial charge in [0, 0.05) is 38.2 Å². The van der Waals surface area contributed by atoms with Gasteiger partial charge in [-0.05, 0) is 44.2 Å². The van der Waals surface area contributed by atoms with Crippen LogP contribution in [0, 0.1) is 0 Å². The first-order chi connectivity index (χ1) is 18.9. The molecular formula is C26H30N6O5S2. The molecule has 1 saturated carbocycles. The Morgan fingerprint density at radius 1 is 1.08 bits per heavy atom. The molecule has 2 aliphatic heterocycles. The first kappa shape index (κ1) is 26.1. The van der Waals surface area contributed by atoms with E-state index < -0.39 is 15.7 Å². The Kier molecular flexibility index (Phi) is 7.23. The van der Waals surface area contributed by atoms with Crippen molar-refractivity contribution in [3.63, 3.8) is 0 Å². The number of likely N-dealkylation sites (N-methyl/N-ethyl adjacent to an activating group) is 1. The Labute approximate surface area is 230 Å². The third-order valence-corrected chi connectivity index (χ3v) is 10.3. The van der Waals surface area contributed by atoms with Crippen LogP contribution < -0.4 is 10.2 Å². The van der Waals surface area contributed by atoms with Crippen molar-refractivity contribution in [1.29, 1.82) is 0 Å². The lowest BCUT2D eigenvalue weighted by molar-refractivity contribution is -0.110. The summed E-state index contributed by atoms with van der Waals surface area (Å²) in [6, 6.07) is 10.1. The molecule has 2 saturated heterocycles. The fourth-order valence-corrected chi connectivity index (χ4v) is 7.04. The number of pyridine rings is 1. The Morgan fingerprint density at radius 2 is 1.85 bits per heavy atom. The number of nitrogens with zero attached hydrogens (tertiary/aromatic N) is 5. The number of amides is 1. The van der Waals surface area contributed by atoms with E-state index in [4.69, 9.17) is 14.6 Å². The number of thiazole rings is 1. The zero-order chi connectivity index (χ0) is 27.0. The molecule has 2 aromatic heterocycles. The van der Waals surface area contributed by atoms with Crippen molar-refractivity contribution in [2.75, 3.05) is 56.7 Å². The molecule has 0 bridgehead atoms. The molecule has 206 valence electrons. The number of carbonyl (C=O) groups excluding carboxylic acids is 1. The van der Waals surface area contributed by atoms with Crippen LogP contribution in [0.3, 0.4) is 0 Å². The Hall–Kier alpha value is -3.13. The predicted molar refractivity (Wildman–Crippen MR) is 149 cm³/mol. The summed E-state index contributed by atoms with van der Waals surface area (Å²) in [5.41, 5.74) is 1.17. The lowest BCUT2D eigenvalue weighted by atomic mass is 10.1. The van der Waals surface area contributed by atoms with Crippen molar-refractivity contribution < 1.29 is 22.8 Å². The maximum absolute atomic E-state index is 13.4. The maximum atomic E-state index is 13.4. The highest BCUT2D eigenvalue weighted by atomic mass is 32.2. The van der Waals surface area contributed by atoms with Gasteiger partial charge in [0.15, 0.2) is 26.8 Å². The van der Waals surface area contributed by atoms with E-state index in [1.54, 1.807) is 12.1 Å². The number of carbonyl (C=O) groups is 1. The number of nitrogens with one attached hydrogen (secondary N) is 1. The highest BCUT2D eigenvalue weighted by molar-refractivity contribution is 7.92. The van der Waals surface area contributed by atoms with Gasteiger partial charge >= 0.3 is 0 Å². The summed E-state index contributed by atoms with van der Waals surface area (Å²) in [5.74, 6) is 0.387. The lowest BCUT2D eigenvalue weighted by Crippen LogP contribution is -2.44. The third-order valence-electron chi connectivity index (χ3n) is 7.10. The second kappa shape index (κ2) is 10.8. The number of piperazine rings is 1. The van der Waals surface area contributed by atoms with Gasteiger partial charge in [0.1, 0.15) is 16.2 Å². The van der Waals surface area contributed by atoms with Crippen molar-refractivity contribution in [2.24, 2.45) is 5.16 Å². The molecule has 1 amide bonds. The average Bonchev–Trinajstić information content (AvgIpc) is 3.54. The SMILES string of the molecule is CN1CCN(c2ccc3nc(NC(=O)/C(=N/O[C@@H]4CCOC4)c4ccc(S(=O)(=O)C5CC5)cc4)sc3n2)CC1. The van der Waals surface area contributed by atoms with Crippen molar-refractivity contribution in [3.8, 4) is 0 Å². The molecule has 0 radical (unpaired) electrons. The zero-order valence-electron chi connectivity index (χ0n) is 21.6. The second-order valence-corrected chi connectivity index (χ2v) is 13.3. The van der Waals surface area contributed by atoms with Crippen LogP contribution in [0.4, 0.5) is 10.9 Å². The molecule has 39 heavy (non-hydrogen) atoms. The smallest absolute Gasteiger partial charge is 0.280 e. The first-order valence-electron chi connectivity index (χ1n) is 13.0. The van der Waals surface area contributed by atoms with Gasteiger partial charge in [0.2, 0.25) is 0 Å². The fraction of sp³-hybridized carbons (Fsp3) is 0.462. The summed E-state index contributed by atoms with van der Waals surface area (Å²) in [6.07, 6.45) is 1.80. The summed E-state index contributed by atoms with van der Waals surface area (Å²) in [7, 11) is -1.23. The number of hydrogen-bond acceptors (Lipinski definition) is 11. The van der Waals surface area contributed by atoms with Gasteiger partial charge in [0.05, 0.1) is 23.4 Å². The van der Waals surface area contributed by atoms with E-state index >= 15 is 0 Å². The van der Waals surface area contributed by atoms with Crippen LogP contribution in [0.2, 0.25) is 0 Å². The number of ether oxygens (including phenoxy) is 1. The molecule has 3 fully saturated rings. The molecule has 0 spiro atoms. The van der Waals surface area contributed by atoms with Crippen LogP contribution in [0.15, 0.2) is 46.4 Å². The van der Waals surface area contributed by atoms with E-state index in [1.165, 1.54) is 23.5 Å². The summed E-state index contributed by atoms with van der Waals surface area (Å²) in [6.45, 7) is 4.75. The van der Waals surface area contributed by atoms with E-state index in [0.717, 1.165) is 36.8 Å². The minimum atomic E-state index is -3.34. The number of rotatable bonds is 8. The standard InChI is InChI=1S/C26H30N6O5S2/c1-31-11-13-32(14-12-31)22-9-8-21-25(28-22)38-26(27-21)29-24(33)23(30-37-18-10-15-36-16-18)17-2-4-19(5-3-17)39(34,35)20-6-7-20/h2-5,8-9,18,20H,6-7,10-16H2,1H3,(H,27,29,33)/b30-23+/t18-/m1/s1. The van der Waals surface area contributed by atoms with Crippen molar-refractivity contribution in [3.05, 3.63) is 42.0 Å². The largest absolute Gasteiger partial charge is 0.389 e.